The number of aryl methyl sites for hydroxylation is 1. The van der Waals surface area contributed by atoms with Crippen LogP contribution in [0.3, 0.4) is 0 Å². The highest BCUT2D eigenvalue weighted by Gasteiger charge is 2.17. The van der Waals surface area contributed by atoms with Gasteiger partial charge in [-0.3, -0.25) is 4.99 Å². The van der Waals surface area contributed by atoms with E-state index in [1.54, 1.807) is 6.33 Å². The van der Waals surface area contributed by atoms with Gasteiger partial charge in [0.2, 0.25) is 0 Å². The summed E-state index contributed by atoms with van der Waals surface area (Å²) in [4.78, 5) is 7.27. The Labute approximate surface area is 181 Å². The molecule has 0 bridgehead atoms. The number of likely N-dealkylation sites (tertiary alicyclic amines) is 1. The van der Waals surface area contributed by atoms with Crippen molar-refractivity contribution in [1.29, 1.82) is 0 Å². The van der Waals surface area contributed by atoms with Gasteiger partial charge in [-0.2, -0.15) is 0 Å². The van der Waals surface area contributed by atoms with Crippen LogP contribution in [0.2, 0.25) is 0 Å². The lowest BCUT2D eigenvalue weighted by atomic mass is 10.0. The molecular weight excluding hydrogens is 453 g/mol. The number of aliphatic imine (C=N–C) groups is 1. The minimum Gasteiger partial charge on any atom is -0.356 e. The van der Waals surface area contributed by atoms with Crippen molar-refractivity contribution in [3.8, 4) is 0 Å². The van der Waals surface area contributed by atoms with Crippen molar-refractivity contribution >= 4 is 29.9 Å². The zero-order valence-electron chi connectivity index (χ0n) is 17.3. The number of hydrogen-bond acceptors (Lipinski definition) is 4. The average molecular weight is 491 g/mol. The maximum atomic E-state index is 4.64. The summed E-state index contributed by atoms with van der Waals surface area (Å²) in [6.45, 7) is 12.5. The van der Waals surface area contributed by atoms with Crippen LogP contribution in [0.5, 0.6) is 0 Å². The predicted octanol–water partition coefficient (Wildman–Crippen LogP) is 2.67. The first kappa shape index (κ1) is 24.1. The number of halogens is 1. The molecule has 0 aromatic carbocycles. The second-order valence-corrected chi connectivity index (χ2v) is 7.11. The molecule has 0 radical (unpaired) electrons. The lowest BCUT2D eigenvalue weighted by molar-refractivity contribution is 0.159. The number of hydrogen-bond donors (Lipinski definition) is 2. The molecule has 2 rings (SSSR count). The summed E-state index contributed by atoms with van der Waals surface area (Å²) in [6, 6.07) is 0.742. The summed E-state index contributed by atoms with van der Waals surface area (Å²) < 4.78 is 2.10. The van der Waals surface area contributed by atoms with Crippen molar-refractivity contribution in [3.63, 3.8) is 0 Å². The highest BCUT2D eigenvalue weighted by Crippen LogP contribution is 2.15. The third-order valence-electron chi connectivity index (χ3n) is 5.01. The Bertz CT molecular complexity index is 532. The third-order valence-corrected chi connectivity index (χ3v) is 5.01. The molecule has 8 heteroatoms. The molecule has 1 fully saturated rings. The maximum absolute atomic E-state index is 4.64. The maximum Gasteiger partial charge on any atom is 0.191 e. The van der Waals surface area contributed by atoms with E-state index < -0.39 is 0 Å². The zero-order valence-corrected chi connectivity index (χ0v) is 19.6. The Kier molecular flexibility index (Phi) is 12.6. The topological polar surface area (TPSA) is 70.4 Å². The summed E-state index contributed by atoms with van der Waals surface area (Å²) in [5, 5.41) is 15.0. The number of piperidine rings is 1. The van der Waals surface area contributed by atoms with Crippen LogP contribution in [0.15, 0.2) is 11.3 Å². The van der Waals surface area contributed by atoms with Crippen molar-refractivity contribution in [2.45, 2.75) is 71.9 Å². The number of rotatable bonds is 10. The Morgan fingerprint density at radius 3 is 2.78 bits per heavy atom. The van der Waals surface area contributed by atoms with Gasteiger partial charge in [-0.15, -0.1) is 34.2 Å². The molecule has 156 valence electrons. The average Bonchev–Trinajstić information content (AvgIpc) is 3.11. The van der Waals surface area contributed by atoms with Crippen molar-refractivity contribution < 1.29 is 0 Å². The first-order valence-electron chi connectivity index (χ1n) is 10.4. The van der Waals surface area contributed by atoms with Crippen molar-refractivity contribution in [2.75, 3.05) is 32.7 Å². The van der Waals surface area contributed by atoms with Crippen LogP contribution in [0, 0.1) is 0 Å². The summed E-state index contributed by atoms with van der Waals surface area (Å²) in [7, 11) is 0. The third kappa shape index (κ3) is 8.76. The van der Waals surface area contributed by atoms with E-state index in [0.717, 1.165) is 63.3 Å². The van der Waals surface area contributed by atoms with Crippen LogP contribution in [-0.2, 0) is 13.0 Å². The van der Waals surface area contributed by atoms with E-state index in [-0.39, 0.29) is 24.0 Å². The van der Waals surface area contributed by atoms with Crippen LogP contribution in [0.4, 0.5) is 0 Å². The van der Waals surface area contributed by atoms with Crippen molar-refractivity contribution in [1.82, 2.24) is 30.3 Å². The summed E-state index contributed by atoms with van der Waals surface area (Å²) in [5.41, 5.74) is 0. The molecule has 1 aliphatic heterocycles. The Morgan fingerprint density at radius 1 is 1.22 bits per heavy atom. The lowest BCUT2D eigenvalue weighted by Gasteiger charge is -2.33. The minimum atomic E-state index is 0. The zero-order chi connectivity index (χ0) is 18.6. The van der Waals surface area contributed by atoms with Gasteiger partial charge < -0.3 is 20.1 Å². The highest BCUT2D eigenvalue weighted by molar-refractivity contribution is 14.0. The lowest BCUT2D eigenvalue weighted by Crippen LogP contribution is -2.42. The molecular formula is C19H38IN7. The number of nitrogens with one attached hydrogen (secondary N) is 2. The van der Waals surface area contributed by atoms with Gasteiger partial charge in [0.15, 0.2) is 5.96 Å². The van der Waals surface area contributed by atoms with Gasteiger partial charge in [0, 0.05) is 45.2 Å². The van der Waals surface area contributed by atoms with Gasteiger partial charge in [0.25, 0.3) is 0 Å². The largest absolute Gasteiger partial charge is 0.356 e. The van der Waals surface area contributed by atoms with Crippen molar-refractivity contribution in [3.05, 3.63) is 12.2 Å². The molecule has 7 nitrogen and oxygen atoms in total. The van der Waals surface area contributed by atoms with Gasteiger partial charge in [0.1, 0.15) is 12.2 Å². The Morgan fingerprint density at radius 2 is 2.04 bits per heavy atom. The molecule has 2 N–H and O–H groups in total. The van der Waals surface area contributed by atoms with Gasteiger partial charge >= 0.3 is 0 Å². The molecule has 1 aromatic rings. The van der Waals surface area contributed by atoms with Crippen LogP contribution >= 0.6 is 24.0 Å². The Hall–Kier alpha value is -0.900. The van der Waals surface area contributed by atoms with Gasteiger partial charge in [0.05, 0.1) is 0 Å². The fourth-order valence-electron chi connectivity index (χ4n) is 3.41. The first-order chi connectivity index (χ1) is 12.7. The molecule has 27 heavy (non-hydrogen) atoms. The first-order valence-corrected chi connectivity index (χ1v) is 10.4. The fraction of sp³-hybridized carbons (Fsp3) is 0.842. The second-order valence-electron chi connectivity index (χ2n) is 7.11. The van der Waals surface area contributed by atoms with Crippen molar-refractivity contribution in [2.24, 2.45) is 4.99 Å². The Balaban J connectivity index is 0.00000364. The molecule has 1 atom stereocenters. The SMILES string of the molecule is CCCN=C(NCCCN1CCCCC1C)NCCn1cnnc1CC.I. The highest BCUT2D eigenvalue weighted by atomic mass is 127. The molecule has 0 spiro atoms. The van der Waals surface area contributed by atoms with Crippen LogP contribution in [0.1, 0.15) is 58.7 Å². The minimum absolute atomic E-state index is 0. The van der Waals surface area contributed by atoms with E-state index in [2.05, 4.69) is 56.1 Å². The van der Waals surface area contributed by atoms with E-state index in [1.165, 1.54) is 32.4 Å². The molecule has 1 saturated heterocycles. The summed E-state index contributed by atoms with van der Waals surface area (Å²) in [5.74, 6) is 1.95. The molecule has 1 aliphatic rings. The molecule has 1 unspecified atom stereocenters. The number of nitrogens with zero attached hydrogens (tertiary/aromatic N) is 5. The summed E-state index contributed by atoms with van der Waals surface area (Å²) >= 11 is 0. The molecule has 0 amide bonds. The van der Waals surface area contributed by atoms with Crippen LogP contribution < -0.4 is 10.6 Å². The quantitative estimate of drug-likeness (QED) is 0.228. The van der Waals surface area contributed by atoms with Crippen LogP contribution in [0.25, 0.3) is 0 Å². The molecule has 0 saturated carbocycles. The van der Waals surface area contributed by atoms with E-state index >= 15 is 0 Å². The fourth-order valence-corrected chi connectivity index (χ4v) is 3.41. The summed E-state index contributed by atoms with van der Waals surface area (Å²) in [6.07, 6.45) is 9.01. The normalized spacial score (nSPS) is 18.2. The van der Waals surface area contributed by atoms with Gasteiger partial charge in [-0.25, -0.2) is 0 Å². The van der Waals surface area contributed by atoms with E-state index in [0.29, 0.717) is 0 Å². The van der Waals surface area contributed by atoms with E-state index in [1.807, 2.05) is 0 Å². The van der Waals surface area contributed by atoms with E-state index in [9.17, 15) is 0 Å². The molecule has 2 heterocycles. The molecule has 1 aromatic heterocycles. The second kappa shape index (κ2) is 14.1. The standard InChI is InChI=1S/C19H37N7.HI/c1-4-10-20-19(22-12-15-26-16-23-24-18(26)5-2)21-11-8-14-25-13-7-6-9-17(25)3;/h16-17H,4-15H2,1-3H3,(H2,20,21,22);1H. The monoisotopic (exact) mass is 491 g/mol. The number of guanidine groups is 1. The van der Waals surface area contributed by atoms with Gasteiger partial charge in [-0.05, 0) is 39.2 Å². The number of aromatic nitrogens is 3. The molecule has 0 aliphatic carbocycles. The van der Waals surface area contributed by atoms with Crippen LogP contribution in [-0.4, -0.2) is 64.4 Å². The smallest absolute Gasteiger partial charge is 0.191 e. The van der Waals surface area contributed by atoms with E-state index in [4.69, 9.17) is 0 Å². The predicted molar refractivity (Wildman–Crippen MR) is 123 cm³/mol. The van der Waals surface area contributed by atoms with Gasteiger partial charge in [-0.1, -0.05) is 20.3 Å².